The number of carbonyl (C=O) groups is 2. The molecule has 7 nitrogen and oxygen atoms in total. The highest BCUT2D eigenvalue weighted by Gasteiger charge is 2.17. The zero-order valence-electron chi connectivity index (χ0n) is 16.8. The van der Waals surface area contributed by atoms with Gasteiger partial charge in [0.1, 0.15) is 0 Å². The molecule has 2 aromatic rings. The number of benzene rings is 2. The molecule has 0 saturated carbocycles. The Bertz CT molecular complexity index is 969. The number of sulfonamides is 1. The Hall–Kier alpha value is -2.71. The van der Waals surface area contributed by atoms with Crippen LogP contribution in [0.3, 0.4) is 0 Å². The predicted octanol–water partition coefficient (Wildman–Crippen LogP) is 2.72. The van der Waals surface area contributed by atoms with Crippen molar-refractivity contribution in [2.24, 2.45) is 0 Å². The molecule has 1 amide bonds. The molecular weight excluding hydrogens is 392 g/mol. The first-order valence-corrected chi connectivity index (χ1v) is 10.8. The van der Waals surface area contributed by atoms with E-state index in [1.807, 2.05) is 26.0 Å². The van der Waals surface area contributed by atoms with Crippen LogP contribution in [0.1, 0.15) is 30.0 Å². The number of hydrogen-bond acceptors (Lipinski definition) is 5. The second-order valence-corrected chi connectivity index (χ2v) is 8.41. The van der Waals surface area contributed by atoms with Gasteiger partial charge in [0.05, 0.1) is 11.3 Å². The molecular formula is C21H26N2O5S. The number of aryl methyl sites for hydroxylation is 3. The Balaban J connectivity index is 1.75. The summed E-state index contributed by atoms with van der Waals surface area (Å²) in [6, 6.07) is 12.4. The second kappa shape index (κ2) is 10.2. The molecule has 156 valence electrons. The van der Waals surface area contributed by atoms with Crippen LogP contribution in [0.25, 0.3) is 0 Å². The Morgan fingerprint density at radius 2 is 1.72 bits per heavy atom. The molecule has 2 N–H and O–H groups in total. The SMILES string of the molecule is CCc1ccc(NC(=O)COC(=O)CCNS(=O)(=O)c2ccc(C)cc2C)cc1. The maximum atomic E-state index is 12.3. The third kappa shape index (κ3) is 6.99. The van der Waals surface area contributed by atoms with Crippen molar-refractivity contribution in [1.82, 2.24) is 4.72 Å². The fourth-order valence-electron chi connectivity index (χ4n) is 2.71. The van der Waals surface area contributed by atoms with Crippen molar-refractivity contribution in [3.8, 4) is 0 Å². The lowest BCUT2D eigenvalue weighted by Crippen LogP contribution is -2.28. The second-order valence-electron chi connectivity index (χ2n) is 6.68. The first kappa shape index (κ1) is 22.6. The number of carbonyl (C=O) groups excluding carboxylic acids is 2. The number of nitrogens with one attached hydrogen (secondary N) is 2. The van der Waals surface area contributed by atoms with E-state index in [0.717, 1.165) is 17.5 Å². The molecule has 0 saturated heterocycles. The van der Waals surface area contributed by atoms with Crippen molar-refractivity contribution in [1.29, 1.82) is 0 Å². The number of esters is 1. The van der Waals surface area contributed by atoms with Crippen molar-refractivity contribution in [3.05, 3.63) is 59.2 Å². The van der Waals surface area contributed by atoms with Crippen molar-refractivity contribution < 1.29 is 22.7 Å². The van der Waals surface area contributed by atoms with Gasteiger partial charge in [-0.1, -0.05) is 36.8 Å². The van der Waals surface area contributed by atoms with Crippen LogP contribution in [0.15, 0.2) is 47.4 Å². The highest BCUT2D eigenvalue weighted by atomic mass is 32.2. The fraction of sp³-hybridized carbons (Fsp3) is 0.333. The Labute approximate surface area is 171 Å². The van der Waals surface area contributed by atoms with Gasteiger partial charge >= 0.3 is 5.97 Å². The summed E-state index contributed by atoms with van der Waals surface area (Å²) in [4.78, 5) is 23.8. The summed E-state index contributed by atoms with van der Waals surface area (Å²) in [5.41, 5.74) is 3.36. The molecule has 0 unspecified atom stereocenters. The highest BCUT2D eigenvalue weighted by molar-refractivity contribution is 7.89. The van der Waals surface area contributed by atoms with Gasteiger partial charge in [0.15, 0.2) is 6.61 Å². The predicted molar refractivity (Wildman–Crippen MR) is 111 cm³/mol. The van der Waals surface area contributed by atoms with Crippen molar-refractivity contribution in [2.45, 2.75) is 38.5 Å². The lowest BCUT2D eigenvalue weighted by Gasteiger charge is -2.10. The number of hydrogen-bond donors (Lipinski definition) is 2. The van der Waals surface area contributed by atoms with E-state index in [-0.39, 0.29) is 17.9 Å². The van der Waals surface area contributed by atoms with Gasteiger partial charge in [0.2, 0.25) is 10.0 Å². The van der Waals surface area contributed by atoms with Crippen LogP contribution in [0.2, 0.25) is 0 Å². The molecule has 0 spiro atoms. The van der Waals surface area contributed by atoms with Crippen molar-refractivity contribution in [2.75, 3.05) is 18.5 Å². The standard InChI is InChI=1S/C21H26N2O5S/c1-4-17-6-8-18(9-7-17)23-20(24)14-28-21(25)11-12-22-29(26,27)19-10-5-15(2)13-16(19)3/h5-10,13,22H,4,11-12,14H2,1-3H3,(H,23,24). The van der Waals surface area contributed by atoms with Gasteiger partial charge in [-0.25, -0.2) is 13.1 Å². The first-order chi connectivity index (χ1) is 13.7. The van der Waals surface area contributed by atoms with Crippen LogP contribution in [0.4, 0.5) is 5.69 Å². The molecule has 2 aromatic carbocycles. The summed E-state index contributed by atoms with van der Waals surface area (Å²) in [6.45, 7) is 5.08. The summed E-state index contributed by atoms with van der Waals surface area (Å²) in [7, 11) is -3.72. The van der Waals surface area contributed by atoms with E-state index in [4.69, 9.17) is 4.74 Å². The minimum atomic E-state index is -3.72. The van der Waals surface area contributed by atoms with Crippen molar-refractivity contribution >= 4 is 27.6 Å². The van der Waals surface area contributed by atoms with Gasteiger partial charge in [-0.3, -0.25) is 9.59 Å². The number of amides is 1. The van der Waals surface area contributed by atoms with Crippen LogP contribution in [0.5, 0.6) is 0 Å². The van der Waals surface area contributed by atoms with E-state index in [0.29, 0.717) is 11.3 Å². The molecule has 0 bridgehead atoms. The summed E-state index contributed by atoms with van der Waals surface area (Å²) in [6.07, 6.45) is 0.724. The Morgan fingerprint density at radius 3 is 2.34 bits per heavy atom. The van der Waals surface area contributed by atoms with E-state index in [1.54, 1.807) is 31.2 Å². The average Bonchev–Trinajstić information content (AvgIpc) is 2.66. The summed E-state index contributed by atoms with van der Waals surface area (Å²) < 4.78 is 31.9. The van der Waals surface area contributed by atoms with Crippen molar-refractivity contribution in [3.63, 3.8) is 0 Å². The van der Waals surface area contributed by atoms with Gasteiger partial charge < -0.3 is 10.1 Å². The van der Waals surface area contributed by atoms with Crippen LogP contribution in [-0.4, -0.2) is 33.4 Å². The molecule has 29 heavy (non-hydrogen) atoms. The summed E-state index contributed by atoms with van der Waals surface area (Å²) in [5.74, 6) is -1.12. The zero-order valence-corrected chi connectivity index (χ0v) is 17.6. The van der Waals surface area contributed by atoms with E-state index in [1.165, 1.54) is 6.07 Å². The lowest BCUT2D eigenvalue weighted by molar-refractivity contribution is -0.147. The molecule has 0 aliphatic carbocycles. The lowest BCUT2D eigenvalue weighted by atomic mass is 10.1. The van der Waals surface area contributed by atoms with E-state index in [2.05, 4.69) is 10.0 Å². The maximum absolute atomic E-state index is 12.3. The van der Waals surface area contributed by atoms with E-state index < -0.39 is 28.5 Å². The molecule has 0 aliphatic heterocycles. The fourth-order valence-corrected chi connectivity index (χ4v) is 3.96. The Morgan fingerprint density at radius 1 is 1.03 bits per heavy atom. The third-order valence-corrected chi connectivity index (χ3v) is 5.87. The quantitative estimate of drug-likeness (QED) is 0.610. The van der Waals surface area contributed by atoms with Crippen LogP contribution in [0, 0.1) is 13.8 Å². The number of anilines is 1. The third-order valence-electron chi connectivity index (χ3n) is 4.25. The largest absolute Gasteiger partial charge is 0.456 e. The van der Waals surface area contributed by atoms with Gasteiger partial charge in [-0.15, -0.1) is 0 Å². The molecule has 2 rings (SSSR count). The van der Waals surface area contributed by atoms with E-state index in [9.17, 15) is 18.0 Å². The minimum Gasteiger partial charge on any atom is -0.456 e. The van der Waals surface area contributed by atoms with E-state index >= 15 is 0 Å². The molecule has 8 heteroatoms. The molecule has 0 aliphatic rings. The molecule has 0 atom stereocenters. The summed E-state index contributed by atoms with van der Waals surface area (Å²) in [5, 5.41) is 2.63. The Kier molecular flexibility index (Phi) is 7.92. The van der Waals surface area contributed by atoms with Gasteiger partial charge in [-0.05, 0) is 49.6 Å². The molecule has 0 fully saturated rings. The van der Waals surface area contributed by atoms with Crippen LogP contribution >= 0.6 is 0 Å². The zero-order chi connectivity index (χ0) is 21.4. The smallest absolute Gasteiger partial charge is 0.307 e. The number of rotatable bonds is 9. The topological polar surface area (TPSA) is 102 Å². The van der Waals surface area contributed by atoms with Crippen LogP contribution in [-0.2, 0) is 30.8 Å². The molecule has 0 aromatic heterocycles. The highest BCUT2D eigenvalue weighted by Crippen LogP contribution is 2.16. The average molecular weight is 419 g/mol. The molecule has 0 radical (unpaired) electrons. The normalized spacial score (nSPS) is 11.1. The van der Waals surface area contributed by atoms with Gasteiger partial charge in [0, 0.05) is 12.2 Å². The maximum Gasteiger partial charge on any atom is 0.307 e. The number of ether oxygens (including phenoxy) is 1. The first-order valence-electron chi connectivity index (χ1n) is 9.32. The van der Waals surface area contributed by atoms with Gasteiger partial charge in [0.25, 0.3) is 5.91 Å². The van der Waals surface area contributed by atoms with Gasteiger partial charge in [-0.2, -0.15) is 0 Å². The van der Waals surface area contributed by atoms with Crippen LogP contribution < -0.4 is 10.0 Å². The molecule has 0 heterocycles. The summed E-state index contributed by atoms with van der Waals surface area (Å²) >= 11 is 0. The monoisotopic (exact) mass is 418 g/mol. The minimum absolute atomic E-state index is 0.116.